The van der Waals surface area contributed by atoms with E-state index in [4.69, 9.17) is 4.74 Å². The van der Waals surface area contributed by atoms with Crippen molar-refractivity contribution in [2.45, 2.75) is 6.54 Å². The fraction of sp³-hybridized carbons (Fsp3) is 0.231. The standard InChI is InChI=1S/C13H14N8O2/c1-20-15-6-10(19-20)17-11(22)8-21-7-9(5-16-21)13-14-4-3-12(18-13)23-2/h3-7H,8H2,1-2H3,(H,17,19,22). The molecular formula is C13H14N8O2. The number of rotatable bonds is 5. The lowest BCUT2D eigenvalue weighted by atomic mass is 10.3. The number of ether oxygens (including phenoxy) is 1. The zero-order valence-corrected chi connectivity index (χ0v) is 12.5. The smallest absolute Gasteiger partial charge is 0.247 e. The van der Waals surface area contributed by atoms with Gasteiger partial charge in [0.1, 0.15) is 6.54 Å². The van der Waals surface area contributed by atoms with E-state index < -0.39 is 0 Å². The Hall–Kier alpha value is -3.30. The Morgan fingerprint density at radius 1 is 1.35 bits per heavy atom. The summed E-state index contributed by atoms with van der Waals surface area (Å²) < 4.78 is 6.55. The van der Waals surface area contributed by atoms with Gasteiger partial charge in [0, 0.05) is 25.5 Å². The first kappa shape index (κ1) is 14.6. The van der Waals surface area contributed by atoms with E-state index in [1.54, 1.807) is 31.7 Å². The maximum atomic E-state index is 11.9. The normalized spacial score (nSPS) is 10.5. The second-order valence-corrected chi connectivity index (χ2v) is 4.62. The minimum Gasteiger partial charge on any atom is -0.481 e. The fourth-order valence-electron chi connectivity index (χ4n) is 1.89. The van der Waals surface area contributed by atoms with Crippen LogP contribution in [-0.4, -0.2) is 47.8 Å². The van der Waals surface area contributed by atoms with Crippen LogP contribution in [0.25, 0.3) is 11.4 Å². The summed E-state index contributed by atoms with van der Waals surface area (Å²) in [6.07, 6.45) is 6.34. The van der Waals surface area contributed by atoms with E-state index in [-0.39, 0.29) is 12.5 Å². The van der Waals surface area contributed by atoms with E-state index in [1.165, 1.54) is 22.8 Å². The van der Waals surface area contributed by atoms with E-state index in [1.807, 2.05) is 0 Å². The van der Waals surface area contributed by atoms with Gasteiger partial charge in [0.2, 0.25) is 11.8 Å². The van der Waals surface area contributed by atoms with Crippen LogP contribution in [0.15, 0.2) is 30.9 Å². The summed E-state index contributed by atoms with van der Waals surface area (Å²) in [7, 11) is 3.20. The predicted molar refractivity (Wildman–Crippen MR) is 79.4 cm³/mol. The molecule has 0 unspecified atom stereocenters. The van der Waals surface area contributed by atoms with Crippen molar-refractivity contribution in [1.29, 1.82) is 0 Å². The highest BCUT2D eigenvalue weighted by atomic mass is 16.5. The highest BCUT2D eigenvalue weighted by molar-refractivity contribution is 5.89. The molecule has 3 heterocycles. The van der Waals surface area contributed by atoms with Gasteiger partial charge in [-0.05, 0) is 0 Å². The maximum Gasteiger partial charge on any atom is 0.247 e. The fourth-order valence-corrected chi connectivity index (χ4v) is 1.89. The van der Waals surface area contributed by atoms with Crippen LogP contribution in [0.3, 0.4) is 0 Å². The number of carbonyl (C=O) groups excluding carboxylic acids is 1. The minimum atomic E-state index is -0.258. The highest BCUT2D eigenvalue weighted by Crippen LogP contribution is 2.16. The van der Waals surface area contributed by atoms with Gasteiger partial charge in [-0.15, -0.1) is 5.10 Å². The van der Waals surface area contributed by atoms with E-state index in [2.05, 4.69) is 30.6 Å². The van der Waals surface area contributed by atoms with Gasteiger partial charge in [-0.1, -0.05) is 0 Å². The lowest BCUT2D eigenvalue weighted by molar-refractivity contribution is -0.116. The van der Waals surface area contributed by atoms with Crippen molar-refractivity contribution in [3.05, 3.63) is 30.9 Å². The summed E-state index contributed by atoms with van der Waals surface area (Å²) in [6.45, 7) is 0.0422. The molecule has 0 atom stereocenters. The molecule has 0 aromatic carbocycles. The zero-order chi connectivity index (χ0) is 16.2. The van der Waals surface area contributed by atoms with Crippen molar-refractivity contribution >= 4 is 11.7 Å². The van der Waals surface area contributed by atoms with Gasteiger partial charge in [-0.2, -0.15) is 20.0 Å². The van der Waals surface area contributed by atoms with Crippen molar-refractivity contribution < 1.29 is 9.53 Å². The number of hydrogen-bond acceptors (Lipinski definition) is 7. The highest BCUT2D eigenvalue weighted by Gasteiger charge is 2.10. The molecule has 0 saturated carbocycles. The van der Waals surface area contributed by atoms with Gasteiger partial charge < -0.3 is 10.1 Å². The number of amides is 1. The van der Waals surface area contributed by atoms with Crippen molar-refractivity contribution in [3.8, 4) is 17.3 Å². The molecule has 0 bridgehead atoms. The van der Waals surface area contributed by atoms with E-state index in [9.17, 15) is 4.79 Å². The molecule has 3 aromatic rings. The van der Waals surface area contributed by atoms with Crippen molar-refractivity contribution in [2.75, 3.05) is 12.4 Å². The maximum absolute atomic E-state index is 11.9. The van der Waals surface area contributed by atoms with Crippen LogP contribution < -0.4 is 10.1 Å². The number of hydrogen-bond donors (Lipinski definition) is 1. The Balaban J connectivity index is 1.68. The number of nitrogens with zero attached hydrogens (tertiary/aromatic N) is 7. The van der Waals surface area contributed by atoms with Gasteiger partial charge in [0.15, 0.2) is 11.6 Å². The molecule has 0 radical (unpaired) electrons. The molecule has 0 saturated heterocycles. The monoisotopic (exact) mass is 314 g/mol. The predicted octanol–water partition coefficient (Wildman–Crippen LogP) is 0.116. The van der Waals surface area contributed by atoms with Gasteiger partial charge >= 0.3 is 0 Å². The van der Waals surface area contributed by atoms with Gasteiger partial charge in [-0.25, -0.2) is 4.98 Å². The topological polar surface area (TPSA) is 113 Å². The first-order chi connectivity index (χ1) is 11.1. The summed E-state index contributed by atoms with van der Waals surface area (Å²) in [6, 6.07) is 1.66. The summed E-state index contributed by atoms with van der Waals surface area (Å²) in [5.74, 6) is 1.07. The molecule has 3 aromatic heterocycles. The molecule has 10 heteroatoms. The largest absolute Gasteiger partial charge is 0.481 e. The van der Waals surface area contributed by atoms with Crippen LogP contribution in [0.2, 0.25) is 0 Å². The number of methoxy groups -OCH3 is 1. The number of aryl methyl sites for hydroxylation is 1. The molecule has 0 spiro atoms. The molecule has 1 amide bonds. The van der Waals surface area contributed by atoms with E-state index in [0.29, 0.717) is 23.1 Å². The quantitative estimate of drug-likeness (QED) is 0.711. The van der Waals surface area contributed by atoms with Crippen LogP contribution in [0.5, 0.6) is 5.88 Å². The molecule has 23 heavy (non-hydrogen) atoms. The molecule has 0 aliphatic heterocycles. The van der Waals surface area contributed by atoms with Crippen LogP contribution in [-0.2, 0) is 18.4 Å². The second-order valence-electron chi connectivity index (χ2n) is 4.62. The van der Waals surface area contributed by atoms with Gasteiger partial charge in [-0.3, -0.25) is 9.48 Å². The van der Waals surface area contributed by atoms with E-state index in [0.717, 1.165) is 0 Å². The minimum absolute atomic E-state index is 0.0422. The molecule has 118 valence electrons. The lowest BCUT2D eigenvalue weighted by Gasteiger charge is -2.01. The Morgan fingerprint density at radius 2 is 2.22 bits per heavy atom. The van der Waals surface area contributed by atoms with Gasteiger partial charge in [0.25, 0.3) is 0 Å². The van der Waals surface area contributed by atoms with Crippen LogP contribution in [0.1, 0.15) is 0 Å². The summed E-state index contributed by atoms with van der Waals surface area (Å²) in [5, 5.41) is 14.6. The van der Waals surface area contributed by atoms with Gasteiger partial charge in [0.05, 0.1) is 25.1 Å². The molecule has 0 aliphatic rings. The number of carbonyl (C=O) groups is 1. The average molecular weight is 314 g/mol. The average Bonchev–Trinajstić information content (AvgIpc) is 3.16. The van der Waals surface area contributed by atoms with Crippen molar-refractivity contribution in [3.63, 3.8) is 0 Å². The SMILES string of the molecule is COc1ccnc(-c2cnn(CC(=O)Nc3cnn(C)n3)c2)n1. The molecule has 10 nitrogen and oxygen atoms in total. The molecule has 1 N–H and O–H groups in total. The van der Waals surface area contributed by atoms with Crippen LogP contribution in [0, 0.1) is 0 Å². The third kappa shape index (κ3) is 3.48. The number of aromatic nitrogens is 7. The molecule has 0 fully saturated rings. The Bertz CT molecular complexity index is 825. The Morgan fingerprint density at radius 3 is 2.96 bits per heavy atom. The lowest BCUT2D eigenvalue weighted by Crippen LogP contribution is -2.19. The van der Waals surface area contributed by atoms with Crippen molar-refractivity contribution in [2.24, 2.45) is 7.05 Å². The van der Waals surface area contributed by atoms with E-state index >= 15 is 0 Å². The van der Waals surface area contributed by atoms with Crippen LogP contribution in [0.4, 0.5) is 5.82 Å². The number of nitrogens with one attached hydrogen (secondary N) is 1. The Kier molecular flexibility index (Phi) is 3.95. The van der Waals surface area contributed by atoms with Crippen molar-refractivity contribution in [1.82, 2.24) is 34.7 Å². The molecule has 0 aliphatic carbocycles. The zero-order valence-electron chi connectivity index (χ0n) is 12.5. The summed E-state index contributed by atoms with van der Waals surface area (Å²) in [5.41, 5.74) is 0.691. The third-order valence-corrected chi connectivity index (χ3v) is 2.90. The molecular weight excluding hydrogens is 300 g/mol. The second kappa shape index (κ2) is 6.22. The number of anilines is 1. The molecule has 3 rings (SSSR count). The summed E-state index contributed by atoms with van der Waals surface area (Å²) in [4.78, 5) is 21.7. The Labute approximate surface area is 131 Å². The first-order valence-electron chi connectivity index (χ1n) is 6.70. The first-order valence-corrected chi connectivity index (χ1v) is 6.70. The van der Waals surface area contributed by atoms with Crippen LogP contribution >= 0.6 is 0 Å². The summed E-state index contributed by atoms with van der Waals surface area (Å²) >= 11 is 0. The third-order valence-electron chi connectivity index (χ3n) is 2.90.